The molecule has 0 radical (unpaired) electrons. The molecule has 2 aliphatic rings. The minimum Gasteiger partial charge on any atom is -0.483 e. The van der Waals surface area contributed by atoms with Gasteiger partial charge in [0.05, 0.1) is 49.4 Å². The first-order valence-corrected chi connectivity index (χ1v) is 32.5. The Morgan fingerprint density at radius 3 is 1.61 bits per heavy atom. The minimum atomic E-state index is 0.0595. The minimum absolute atomic E-state index is 0.0595. The highest BCUT2D eigenvalue weighted by Crippen LogP contribution is 2.65. The lowest BCUT2D eigenvalue weighted by Gasteiger charge is -2.09. The van der Waals surface area contributed by atoms with Crippen molar-refractivity contribution in [2.45, 2.75) is 57.8 Å². The smallest absolute Gasteiger partial charge is 0.171 e. The maximum absolute atomic E-state index is 6.79. The maximum atomic E-state index is 6.79. The van der Waals surface area contributed by atoms with Gasteiger partial charge in [0.15, 0.2) is 22.9 Å². The molecule has 0 bridgehead atoms. The van der Waals surface area contributed by atoms with Crippen molar-refractivity contribution in [2.75, 3.05) is 0 Å². The van der Waals surface area contributed by atoms with Crippen LogP contribution in [-0.2, 0) is 0 Å². The molecule has 20 rings (SSSR count). The van der Waals surface area contributed by atoms with E-state index in [4.69, 9.17) is 18.0 Å². The number of benzene rings is 8. The molecule has 0 amide bonds. The van der Waals surface area contributed by atoms with E-state index in [9.17, 15) is 0 Å². The van der Waals surface area contributed by atoms with E-state index in [1.54, 1.807) is 0 Å². The van der Waals surface area contributed by atoms with Gasteiger partial charge in [0.2, 0.25) is 0 Å². The van der Waals surface area contributed by atoms with Crippen LogP contribution in [0.25, 0.3) is 147 Å². The zero-order chi connectivity index (χ0) is 54.3. The van der Waals surface area contributed by atoms with E-state index in [2.05, 4.69) is 196 Å². The van der Waals surface area contributed by atoms with Crippen LogP contribution in [0.2, 0.25) is 0 Å². The predicted octanol–water partition coefficient (Wildman–Crippen LogP) is 23.2. The largest absolute Gasteiger partial charge is 0.483 e. The topological polar surface area (TPSA) is 58.5 Å². The van der Waals surface area contributed by atoms with Crippen molar-refractivity contribution in [2.24, 2.45) is 0 Å². The molecule has 2 atom stereocenters. The Kier molecular flexibility index (Phi) is 9.39. The Morgan fingerprint density at radius 2 is 0.902 bits per heavy atom. The molecule has 0 saturated carbocycles. The number of furan rings is 3. The van der Waals surface area contributed by atoms with E-state index in [-0.39, 0.29) is 11.4 Å². The summed E-state index contributed by atoms with van der Waals surface area (Å²) in [5.74, 6) is 0.988. The van der Waals surface area contributed by atoms with Gasteiger partial charge in [-0.1, -0.05) is 83.9 Å². The Morgan fingerprint density at radius 1 is 0.366 bits per heavy atom. The second kappa shape index (κ2) is 16.5. The molecule has 0 fully saturated rings. The SMILES string of the molecule is Cc1ccc(-n2c3c4cc5c(cc4oc3c3sc4cc(C)ccc4c32)C2Sc3c(sc4cc(C)ccc34)C2O5)cc1.Cc1ccc(-n2c3cc(C)ccc3c3sc4c5cc6oc7c(sc8c9ccc(C)cc9sc78)c6cc5oc4c32)cc1. The lowest BCUT2D eigenvalue weighted by molar-refractivity contribution is 0.242. The van der Waals surface area contributed by atoms with Crippen molar-refractivity contribution >= 4 is 204 Å². The van der Waals surface area contributed by atoms with Crippen molar-refractivity contribution in [1.82, 2.24) is 9.13 Å². The summed E-state index contributed by atoms with van der Waals surface area (Å²) < 4.78 is 43.1. The van der Waals surface area contributed by atoms with Crippen molar-refractivity contribution in [3.05, 3.63) is 189 Å². The predicted molar refractivity (Wildman–Crippen MR) is 352 cm³/mol. The number of fused-ring (bicyclic) bond motifs is 28. The van der Waals surface area contributed by atoms with E-state index < -0.39 is 0 Å². The van der Waals surface area contributed by atoms with Crippen LogP contribution in [0, 0.1) is 41.5 Å². The molecular formula is C70H44N2O4S6. The molecule has 0 N–H and O–H groups in total. The Hall–Kier alpha value is -7.81. The standard InChI is InChI=1S/C35H23NO2S3.C35H21NO2S3/c1-16-4-8-19(9-5-16)36-28-22-14-25-23(32-31(38-25)35-33(41-32)21-11-7-18(3)13-27(21)40-35)15-24(22)37-30(28)34-29(36)20-10-6-17(2)12-26(20)39-34;1-16-4-8-19(9-5-16)36-24-12-17(2)6-10-20(24)31-28(36)29-32(40-31)22-14-26-23(15-25(22)37-29)33-30(38-26)35-34(41-33)21-11-7-18(3)13-27(21)39-35/h4-15,31-32H,1-3H3;4-15H,1-3H3. The summed E-state index contributed by atoms with van der Waals surface area (Å²) in [6.45, 7) is 12.9. The quantitative estimate of drug-likeness (QED) is 0.173. The zero-order valence-electron chi connectivity index (χ0n) is 45.0. The Labute approximate surface area is 491 Å². The number of nitrogens with zero attached hydrogens (tertiary/aromatic N) is 2. The second-order valence-electron chi connectivity index (χ2n) is 22.7. The van der Waals surface area contributed by atoms with Crippen molar-refractivity contribution < 1.29 is 18.0 Å². The van der Waals surface area contributed by atoms with Crippen LogP contribution >= 0.6 is 68.4 Å². The second-order valence-corrected chi connectivity index (χ2v) is 29.1. The molecule has 10 aromatic heterocycles. The zero-order valence-corrected chi connectivity index (χ0v) is 49.9. The fourth-order valence-electron chi connectivity index (χ4n) is 13.2. The van der Waals surface area contributed by atoms with Crippen molar-refractivity contribution in [3.8, 4) is 17.1 Å². The summed E-state index contributed by atoms with van der Waals surface area (Å²) in [6.07, 6.45) is 0.0595. The van der Waals surface area contributed by atoms with Gasteiger partial charge in [-0.2, -0.15) is 0 Å². The number of hydrogen-bond donors (Lipinski definition) is 0. The average Bonchev–Trinajstić information content (AvgIpc) is 1.77. The molecule has 18 aromatic rings. The highest BCUT2D eigenvalue weighted by atomic mass is 32.2. The van der Waals surface area contributed by atoms with Gasteiger partial charge >= 0.3 is 0 Å². The van der Waals surface area contributed by atoms with Gasteiger partial charge in [0.25, 0.3) is 0 Å². The van der Waals surface area contributed by atoms with Crippen molar-refractivity contribution in [1.29, 1.82) is 0 Å². The molecule has 394 valence electrons. The Bertz CT molecular complexity index is 5860. The van der Waals surface area contributed by atoms with Crippen LogP contribution in [0.3, 0.4) is 0 Å². The monoisotopic (exact) mass is 1170 g/mol. The molecule has 0 spiro atoms. The molecule has 12 heteroatoms. The van der Waals surface area contributed by atoms with Gasteiger partial charge < -0.3 is 27.1 Å². The van der Waals surface area contributed by atoms with Gasteiger partial charge in [0, 0.05) is 73.6 Å². The first kappa shape index (κ1) is 46.8. The maximum Gasteiger partial charge on any atom is 0.171 e. The molecule has 8 aromatic carbocycles. The summed E-state index contributed by atoms with van der Waals surface area (Å²) in [6, 6.07) is 53.5. The fraction of sp³-hybridized carbons (Fsp3) is 0.114. The third kappa shape index (κ3) is 6.34. The first-order valence-electron chi connectivity index (χ1n) is 27.6. The van der Waals surface area contributed by atoms with E-state index in [0.717, 1.165) is 77.8 Å². The molecule has 2 aliphatic heterocycles. The van der Waals surface area contributed by atoms with Crippen LogP contribution < -0.4 is 4.74 Å². The van der Waals surface area contributed by atoms with E-state index in [1.165, 1.54) is 124 Å². The van der Waals surface area contributed by atoms with Crippen LogP contribution in [0.4, 0.5) is 0 Å². The number of thiophene rings is 5. The lowest BCUT2D eigenvalue weighted by Crippen LogP contribution is -1.99. The molecule has 2 unspecified atom stereocenters. The summed E-state index contributed by atoms with van der Waals surface area (Å²) in [7, 11) is 0. The third-order valence-corrected chi connectivity index (χ3v) is 24.8. The summed E-state index contributed by atoms with van der Waals surface area (Å²) >= 11 is 11.2. The molecular weight excluding hydrogens is 1130 g/mol. The molecule has 0 saturated heterocycles. The van der Waals surface area contributed by atoms with E-state index >= 15 is 0 Å². The lowest BCUT2D eigenvalue weighted by atomic mass is 10.1. The summed E-state index contributed by atoms with van der Waals surface area (Å²) in [5, 5.41) is 8.84. The first-order chi connectivity index (χ1) is 40.0. The summed E-state index contributed by atoms with van der Waals surface area (Å²) in [4.78, 5) is 2.76. The van der Waals surface area contributed by atoms with Crippen LogP contribution in [0.15, 0.2) is 164 Å². The van der Waals surface area contributed by atoms with Crippen molar-refractivity contribution in [3.63, 3.8) is 0 Å². The van der Waals surface area contributed by atoms with Gasteiger partial charge in [-0.25, -0.2) is 0 Å². The van der Waals surface area contributed by atoms with Gasteiger partial charge in [-0.3, -0.25) is 0 Å². The Balaban J connectivity index is 0.000000122. The molecule has 82 heavy (non-hydrogen) atoms. The third-order valence-electron chi connectivity index (χ3n) is 17.1. The average molecular weight is 1170 g/mol. The number of thioether (sulfide) groups is 1. The van der Waals surface area contributed by atoms with Crippen LogP contribution in [0.1, 0.15) is 55.2 Å². The molecule has 0 aliphatic carbocycles. The number of aromatic nitrogens is 2. The van der Waals surface area contributed by atoms with Gasteiger partial charge in [-0.05, 0) is 137 Å². The highest BCUT2D eigenvalue weighted by Gasteiger charge is 2.45. The van der Waals surface area contributed by atoms with Crippen LogP contribution in [-0.4, -0.2) is 9.13 Å². The van der Waals surface area contributed by atoms with Gasteiger partial charge in [0.1, 0.15) is 33.5 Å². The number of aryl methyl sites for hydroxylation is 6. The normalized spacial score (nSPS) is 15.2. The molecule has 12 heterocycles. The number of hydrogen-bond acceptors (Lipinski definition) is 10. The van der Waals surface area contributed by atoms with E-state index in [1.807, 2.05) is 68.4 Å². The fourth-order valence-corrected chi connectivity index (χ4v) is 21.6. The van der Waals surface area contributed by atoms with Gasteiger partial charge in [-0.15, -0.1) is 68.4 Å². The highest BCUT2D eigenvalue weighted by molar-refractivity contribution is 8.00. The van der Waals surface area contributed by atoms with Crippen LogP contribution in [0.5, 0.6) is 5.75 Å². The van der Waals surface area contributed by atoms with E-state index in [0.29, 0.717) is 0 Å². The number of rotatable bonds is 2. The molecule has 6 nitrogen and oxygen atoms in total. The summed E-state index contributed by atoms with van der Waals surface area (Å²) in [5.41, 5.74) is 21.6. The number of ether oxygens (including phenoxy) is 1.